The van der Waals surface area contributed by atoms with Crippen molar-refractivity contribution in [1.82, 2.24) is 19.4 Å². The van der Waals surface area contributed by atoms with Crippen LogP contribution >= 0.6 is 0 Å². The first-order chi connectivity index (χ1) is 10.7. The lowest BCUT2D eigenvalue weighted by molar-refractivity contribution is 0.0607. The van der Waals surface area contributed by atoms with Crippen molar-refractivity contribution in [3.8, 4) is 0 Å². The number of carbonyl (C=O) groups is 2. The lowest BCUT2D eigenvalue weighted by Crippen LogP contribution is -2.49. The highest BCUT2D eigenvalue weighted by atomic mass is 32.2. The molecule has 9 nitrogen and oxygen atoms in total. The number of rotatable bonds is 5. The number of carboxylic acids is 1. The van der Waals surface area contributed by atoms with Crippen LogP contribution < -0.4 is 4.72 Å². The number of aromatic nitrogens is 2. The molecule has 0 aromatic carbocycles. The van der Waals surface area contributed by atoms with Crippen LogP contribution in [0.25, 0.3) is 0 Å². The molecular formula is C13H20N4O5S. The van der Waals surface area contributed by atoms with Crippen LogP contribution in [-0.4, -0.2) is 65.5 Å². The van der Waals surface area contributed by atoms with E-state index in [0.717, 1.165) is 19.1 Å². The fourth-order valence-corrected chi connectivity index (χ4v) is 3.14. The number of hydrogen-bond donors (Lipinski definition) is 2. The number of nitrogens with one attached hydrogen (secondary N) is 1. The number of amides is 1. The van der Waals surface area contributed by atoms with Gasteiger partial charge in [-0.25, -0.2) is 17.9 Å². The van der Waals surface area contributed by atoms with Crippen molar-refractivity contribution in [3.05, 3.63) is 17.5 Å². The molecular weight excluding hydrogens is 324 g/mol. The highest BCUT2D eigenvalue weighted by molar-refractivity contribution is 7.88. The van der Waals surface area contributed by atoms with Gasteiger partial charge in [-0.1, -0.05) is 0 Å². The van der Waals surface area contributed by atoms with Crippen LogP contribution in [0.15, 0.2) is 6.07 Å². The highest BCUT2D eigenvalue weighted by Gasteiger charge is 2.30. The molecule has 1 aromatic heterocycles. The molecule has 1 atom stereocenters. The summed E-state index contributed by atoms with van der Waals surface area (Å²) in [6.07, 6.45) is 3.50. The normalized spacial score (nSPS) is 18.9. The van der Waals surface area contributed by atoms with Crippen molar-refractivity contribution >= 4 is 21.9 Å². The molecule has 1 unspecified atom stereocenters. The van der Waals surface area contributed by atoms with Crippen LogP contribution in [0.5, 0.6) is 0 Å². The number of hydrogen-bond acceptors (Lipinski definition) is 5. The number of aromatic carboxylic acids is 1. The number of carbonyl (C=O) groups excluding carboxylic acids is 1. The van der Waals surface area contributed by atoms with Crippen molar-refractivity contribution in [3.63, 3.8) is 0 Å². The number of likely N-dealkylation sites (tertiary alicyclic amines) is 1. The summed E-state index contributed by atoms with van der Waals surface area (Å²) >= 11 is 0. The third-order valence-electron chi connectivity index (χ3n) is 3.79. The third kappa shape index (κ3) is 4.29. The van der Waals surface area contributed by atoms with E-state index in [9.17, 15) is 18.0 Å². The van der Waals surface area contributed by atoms with Gasteiger partial charge in [0.25, 0.3) is 5.91 Å². The molecule has 2 heterocycles. The molecule has 1 aromatic rings. The maximum Gasteiger partial charge on any atom is 0.356 e. The molecule has 0 spiro atoms. The summed E-state index contributed by atoms with van der Waals surface area (Å²) in [6, 6.07) is 0.981. The zero-order chi connectivity index (χ0) is 17.2. The number of piperidine rings is 1. The van der Waals surface area contributed by atoms with Crippen LogP contribution in [0.2, 0.25) is 0 Å². The Morgan fingerprint density at radius 2 is 2.13 bits per heavy atom. The van der Waals surface area contributed by atoms with Crippen molar-refractivity contribution in [2.75, 3.05) is 19.3 Å². The molecule has 128 valence electrons. The van der Waals surface area contributed by atoms with E-state index in [1.807, 2.05) is 0 Å². The topological polar surface area (TPSA) is 122 Å². The van der Waals surface area contributed by atoms with Crippen LogP contribution in [-0.2, 0) is 17.1 Å². The molecule has 0 radical (unpaired) electrons. The minimum atomic E-state index is -3.34. The van der Waals surface area contributed by atoms with Crippen molar-refractivity contribution < 1.29 is 23.1 Å². The van der Waals surface area contributed by atoms with Crippen LogP contribution in [0.1, 0.15) is 40.2 Å². The Labute approximate surface area is 134 Å². The third-order valence-corrected chi connectivity index (χ3v) is 4.48. The monoisotopic (exact) mass is 344 g/mol. The van der Waals surface area contributed by atoms with Gasteiger partial charge >= 0.3 is 5.97 Å². The van der Waals surface area contributed by atoms with Crippen molar-refractivity contribution in [2.45, 2.75) is 25.3 Å². The smallest absolute Gasteiger partial charge is 0.356 e. The molecule has 1 saturated heterocycles. The summed E-state index contributed by atoms with van der Waals surface area (Å²) in [5.74, 6) is -1.54. The Bertz CT molecular complexity index is 712. The Kier molecular flexibility index (Phi) is 5.05. The number of carboxylic acid groups (broad SMARTS) is 1. The van der Waals surface area contributed by atoms with Gasteiger partial charge in [0, 0.05) is 32.2 Å². The summed E-state index contributed by atoms with van der Waals surface area (Å²) in [6.45, 7) is 0.650. The molecule has 0 aliphatic carbocycles. The van der Waals surface area contributed by atoms with Gasteiger partial charge in [-0.15, -0.1) is 0 Å². The van der Waals surface area contributed by atoms with E-state index in [0.29, 0.717) is 13.0 Å². The van der Waals surface area contributed by atoms with Crippen molar-refractivity contribution in [1.29, 1.82) is 0 Å². The molecule has 1 fully saturated rings. The highest BCUT2D eigenvalue weighted by Crippen LogP contribution is 2.20. The summed E-state index contributed by atoms with van der Waals surface area (Å²) in [7, 11) is -1.83. The number of aryl methyl sites for hydroxylation is 1. The van der Waals surface area contributed by atoms with Gasteiger partial charge in [0.1, 0.15) is 5.69 Å². The predicted octanol–water partition coefficient (Wildman–Crippen LogP) is -0.338. The lowest BCUT2D eigenvalue weighted by Gasteiger charge is -2.35. The molecule has 2 rings (SSSR count). The summed E-state index contributed by atoms with van der Waals surface area (Å²) in [4.78, 5) is 25.2. The quantitative estimate of drug-likeness (QED) is 0.754. The second-order valence-corrected chi connectivity index (χ2v) is 7.45. The van der Waals surface area contributed by atoms with Gasteiger partial charge < -0.3 is 10.0 Å². The second-order valence-electron chi connectivity index (χ2n) is 5.61. The fraction of sp³-hybridized carbons (Fsp3) is 0.615. The minimum Gasteiger partial charge on any atom is -0.476 e. The number of sulfonamides is 1. The van der Waals surface area contributed by atoms with Gasteiger partial charge in [0.05, 0.1) is 6.26 Å². The summed E-state index contributed by atoms with van der Waals surface area (Å²) in [5.41, 5.74) is -0.0210. The Balaban J connectivity index is 2.19. The van der Waals surface area contributed by atoms with Crippen LogP contribution in [0.3, 0.4) is 0 Å². The average molecular weight is 344 g/mol. The van der Waals surface area contributed by atoms with Crippen LogP contribution in [0.4, 0.5) is 0 Å². The zero-order valence-corrected chi connectivity index (χ0v) is 13.8. The summed E-state index contributed by atoms with van der Waals surface area (Å²) < 4.78 is 26.2. The van der Waals surface area contributed by atoms with E-state index in [2.05, 4.69) is 9.82 Å². The Hall–Kier alpha value is -1.94. The first-order valence-electron chi connectivity index (χ1n) is 7.22. The summed E-state index contributed by atoms with van der Waals surface area (Å²) in [5, 5.41) is 12.8. The van der Waals surface area contributed by atoms with Gasteiger partial charge in [-0.05, 0) is 19.3 Å². The van der Waals surface area contributed by atoms with E-state index in [1.54, 1.807) is 4.90 Å². The first-order valence-corrected chi connectivity index (χ1v) is 9.11. The molecule has 23 heavy (non-hydrogen) atoms. The van der Waals surface area contributed by atoms with Crippen LogP contribution in [0, 0.1) is 0 Å². The maximum atomic E-state index is 12.7. The van der Waals surface area contributed by atoms with Gasteiger partial charge in [-0.2, -0.15) is 5.10 Å². The average Bonchev–Trinajstić information content (AvgIpc) is 2.86. The zero-order valence-electron chi connectivity index (χ0n) is 13.0. The fourth-order valence-electron chi connectivity index (χ4n) is 2.65. The van der Waals surface area contributed by atoms with E-state index in [4.69, 9.17) is 5.11 Å². The molecule has 1 aliphatic rings. The van der Waals surface area contributed by atoms with Crippen molar-refractivity contribution in [2.24, 2.45) is 7.05 Å². The van der Waals surface area contributed by atoms with Gasteiger partial charge in [0.15, 0.2) is 5.69 Å². The Morgan fingerprint density at radius 1 is 1.43 bits per heavy atom. The molecule has 1 amide bonds. The standard InChI is InChI=1S/C13H20N4O5S/c1-16-11(7-10(15-16)13(19)20)12(18)17-6-4-3-5-9(17)8-14-23(2,21)22/h7,9,14H,3-6,8H2,1-2H3,(H,19,20). The number of nitrogens with zero attached hydrogens (tertiary/aromatic N) is 3. The van der Waals surface area contributed by atoms with Gasteiger partial charge in [0.2, 0.25) is 10.0 Å². The second kappa shape index (κ2) is 6.67. The van der Waals surface area contributed by atoms with Gasteiger partial charge in [-0.3, -0.25) is 9.48 Å². The van der Waals surface area contributed by atoms with E-state index in [1.165, 1.54) is 17.8 Å². The van der Waals surface area contributed by atoms with E-state index >= 15 is 0 Å². The molecule has 0 bridgehead atoms. The molecule has 1 aliphatic heterocycles. The lowest BCUT2D eigenvalue weighted by atomic mass is 10.0. The Morgan fingerprint density at radius 3 is 2.70 bits per heavy atom. The largest absolute Gasteiger partial charge is 0.476 e. The van der Waals surface area contributed by atoms with E-state index < -0.39 is 16.0 Å². The minimum absolute atomic E-state index is 0.147. The SMILES string of the molecule is Cn1nc(C(=O)O)cc1C(=O)N1CCCCC1CNS(C)(=O)=O. The predicted molar refractivity (Wildman–Crippen MR) is 81.7 cm³/mol. The molecule has 0 saturated carbocycles. The van der Waals surface area contributed by atoms with E-state index in [-0.39, 0.29) is 29.9 Å². The first kappa shape index (κ1) is 17.4. The molecule has 2 N–H and O–H groups in total. The maximum absolute atomic E-state index is 12.7. The molecule has 10 heteroatoms.